The SMILES string of the molecule is COC(=O)c1ccc(OCc2c(C)noc2C)cn1. The first-order valence-corrected chi connectivity index (χ1v) is 5.70. The first kappa shape index (κ1) is 13.1. The zero-order valence-electron chi connectivity index (χ0n) is 11.0. The Hall–Kier alpha value is -2.37. The Bertz CT molecular complexity index is 555. The van der Waals surface area contributed by atoms with Crippen LogP contribution in [0, 0.1) is 13.8 Å². The number of aryl methyl sites for hydroxylation is 2. The predicted octanol–water partition coefficient (Wildman–Crippen LogP) is 2.05. The highest BCUT2D eigenvalue weighted by atomic mass is 16.5. The van der Waals surface area contributed by atoms with Crippen LogP contribution in [0.3, 0.4) is 0 Å². The van der Waals surface area contributed by atoms with Crippen molar-refractivity contribution in [1.82, 2.24) is 10.1 Å². The summed E-state index contributed by atoms with van der Waals surface area (Å²) in [5, 5.41) is 3.85. The van der Waals surface area contributed by atoms with Gasteiger partial charge in [-0.1, -0.05) is 5.16 Å². The van der Waals surface area contributed by atoms with Gasteiger partial charge in [0, 0.05) is 0 Å². The molecule has 19 heavy (non-hydrogen) atoms. The molecule has 6 nitrogen and oxygen atoms in total. The maximum absolute atomic E-state index is 11.2. The molecule has 100 valence electrons. The normalized spacial score (nSPS) is 10.3. The Morgan fingerprint density at radius 1 is 1.37 bits per heavy atom. The van der Waals surface area contributed by atoms with Crippen LogP contribution in [0.4, 0.5) is 0 Å². The molecule has 0 atom stereocenters. The van der Waals surface area contributed by atoms with Gasteiger partial charge in [-0.2, -0.15) is 0 Å². The summed E-state index contributed by atoms with van der Waals surface area (Å²) in [4.78, 5) is 15.2. The number of pyridine rings is 1. The lowest BCUT2D eigenvalue weighted by molar-refractivity contribution is 0.0594. The first-order chi connectivity index (χ1) is 9.11. The molecule has 2 aromatic rings. The molecule has 0 fully saturated rings. The van der Waals surface area contributed by atoms with E-state index in [-0.39, 0.29) is 5.69 Å². The summed E-state index contributed by atoms with van der Waals surface area (Å²) in [6.45, 7) is 4.03. The summed E-state index contributed by atoms with van der Waals surface area (Å²) in [5.41, 5.74) is 1.96. The van der Waals surface area contributed by atoms with Gasteiger partial charge in [-0.3, -0.25) is 0 Å². The summed E-state index contributed by atoms with van der Waals surface area (Å²) in [6.07, 6.45) is 1.48. The Morgan fingerprint density at radius 3 is 2.68 bits per heavy atom. The number of nitrogens with zero attached hydrogens (tertiary/aromatic N) is 2. The molecule has 2 aromatic heterocycles. The zero-order chi connectivity index (χ0) is 13.8. The lowest BCUT2D eigenvalue weighted by Crippen LogP contribution is -2.04. The lowest BCUT2D eigenvalue weighted by atomic mass is 10.2. The first-order valence-electron chi connectivity index (χ1n) is 5.70. The number of carbonyl (C=O) groups is 1. The molecule has 0 aliphatic rings. The maximum Gasteiger partial charge on any atom is 0.356 e. The van der Waals surface area contributed by atoms with E-state index in [0.717, 1.165) is 17.0 Å². The van der Waals surface area contributed by atoms with E-state index in [1.54, 1.807) is 12.1 Å². The van der Waals surface area contributed by atoms with Gasteiger partial charge in [0.1, 0.15) is 23.8 Å². The largest absolute Gasteiger partial charge is 0.487 e. The van der Waals surface area contributed by atoms with Gasteiger partial charge in [0.2, 0.25) is 0 Å². The fraction of sp³-hybridized carbons (Fsp3) is 0.308. The van der Waals surface area contributed by atoms with Gasteiger partial charge < -0.3 is 14.0 Å². The number of hydrogen-bond acceptors (Lipinski definition) is 6. The molecule has 0 aliphatic carbocycles. The van der Waals surface area contributed by atoms with Crippen molar-refractivity contribution in [2.45, 2.75) is 20.5 Å². The lowest BCUT2D eigenvalue weighted by Gasteiger charge is -2.05. The summed E-state index contributed by atoms with van der Waals surface area (Å²) >= 11 is 0. The van der Waals surface area contributed by atoms with Crippen molar-refractivity contribution in [2.75, 3.05) is 7.11 Å². The molecule has 6 heteroatoms. The molecule has 0 unspecified atom stereocenters. The smallest absolute Gasteiger partial charge is 0.356 e. The van der Waals surface area contributed by atoms with Crippen LogP contribution in [-0.2, 0) is 11.3 Å². The second-order valence-electron chi connectivity index (χ2n) is 3.96. The van der Waals surface area contributed by atoms with E-state index in [0.29, 0.717) is 12.4 Å². The molecule has 2 rings (SSSR count). The average Bonchev–Trinajstić information content (AvgIpc) is 2.75. The van der Waals surface area contributed by atoms with E-state index < -0.39 is 5.97 Å². The van der Waals surface area contributed by atoms with Gasteiger partial charge in [0.25, 0.3) is 0 Å². The Kier molecular flexibility index (Phi) is 3.79. The van der Waals surface area contributed by atoms with E-state index >= 15 is 0 Å². The van der Waals surface area contributed by atoms with E-state index in [1.165, 1.54) is 13.3 Å². The van der Waals surface area contributed by atoms with Crippen LogP contribution in [0.15, 0.2) is 22.9 Å². The van der Waals surface area contributed by atoms with Crippen LogP contribution < -0.4 is 4.74 Å². The molecular formula is C13H14N2O4. The highest BCUT2D eigenvalue weighted by Crippen LogP contribution is 2.16. The molecule has 0 N–H and O–H groups in total. The number of ether oxygens (including phenoxy) is 2. The van der Waals surface area contributed by atoms with E-state index in [4.69, 9.17) is 9.26 Å². The monoisotopic (exact) mass is 262 g/mol. The van der Waals surface area contributed by atoms with Crippen molar-refractivity contribution in [3.8, 4) is 5.75 Å². The van der Waals surface area contributed by atoms with Crippen molar-refractivity contribution in [2.24, 2.45) is 0 Å². The van der Waals surface area contributed by atoms with Crippen LogP contribution >= 0.6 is 0 Å². The molecule has 0 spiro atoms. The zero-order valence-corrected chi connectivity index (χ0v) is 11.0. The minimum Gasteiger partial charge on any atom is -0.487 e. The number of aromatic nitrogens is 2. The molecule has 0 saturated carbocycles. The van der Waals surface area contributed by atoms with E-state index in [1.807, 2.05) is 13.8 Å². The predicted molar refractivity (Wildman–Crippen MR) is 65.9 cm³/mol. The third-order valence-electron chi connectivity index (χ3n) is 2.70. The minimum absolute atomic E-state index is 0.243. The molecular weight excluding hydrogens is 248 g/mol. The highest BCUT2D eigenvalue weighted by molar-refractivity contribution is 5.87. The number of esters is 1. The van der Waals surface area contributed by atoms with Crippen molar-refractivity contribution in [1.29, 1.82) is 0 Å². The van der Waals surface area contributed by atoms with Gasteiger partial charge in [-0.15, -0.1) is 0 Å². The second-order valence-corrected chi connectivity index (χ2v) is 3.96. The summed E-state index contributed by atoms with van der Waals surface area (Å²) < 4.78 is 15.2. The van der Waals surface area contributed by atoms with Gasteiger partial charge in [-0.25, -0.2) is 9.78 Å². The number of carbonyl (C=O) groups excluding carboxylic acids is 1. The number of hydrogen-bond donors (Lipinski definition) is 0. The van der Waals surface area contributed by atoms with Gasteiger partial charge in [0.15, 0.2) is 0 Å². The molecule has 0 aliphatic heterocycles. The van der Waals surface area contributed by atoms with E-state index in [9.17, 15) is 4.79 Å². The molecule has 0 saturated heterocycles. The number of rotatable bonds is 4. The standard InChI is InChI=1S/C13H14N2O4/c1-8-11(9(2)19-15-8)7-18-10-4-5-12(14-6-10)13(16)17-3/h4-6H,7H2,1-3H3. The van der Waals surface area contributed by atoms with Crippen LogP contribution in [0.2, 0.25) is 0 Å². The van der Waals surface area contributed by atoms with E-state index in [2.05, 4.69) is 14.9 Å². The highest BCUT2D eigenvalue weighted by Gasteiger charge is 2.10. The van der Waals surface area contributed by atoms with Gasteiger partial charge in [0.05, 0.1) is 24.6 Å². The Labute approximate surface area is 110 Å². The Morgan fingerprint density at radius 2 is 2.16 bits per heavy atom. The molecule has 0 bridgehead atoms. The molecule has 0 radical (unpaired) electrons. The average molecular weight is 262 g/mol. The number of methoxy groups -OCH3 is 1. The minimum atomic E-state index is -0.475. The molecule has 2 heterocycles. The summed E-state index contributed by atoms with van der Waals surface area (Å²) in [5.74, 6) is 0.821. The van der Waals surface area contributed by atoms with Gasteiger partial charge >= 0.3 is 5.97 Å². The third-order valence-corrected chi connectivity index (χ3v) is 2.70. The molecule has 0 amide bonds. The van der Waals surface area contributed by atoms with Gasteiger partial charge in [-0.05, 0) is 26.0 Å². The van der Waals surface area contributed by atoms with Crippen LogP contribution in [0.25, 0.3) is 0 Å². The summed E-state index contributed by atoms with van der Waals surface area (Å²) in [6, 6.07) is 3.21. The molecule has 0 aromatic carbocycles. The fourth-order valence-electron chi connectivity index (χ4n) is 1.55. The fourth-order valence-corrected chi connectivity index (χ4v) is 1.55. The van der Waals surface area contributed by atoms with Crippen molar-refractivity contribution in [3.63, 3.8) is 0 Å². The topological polar surface area (TPSA) is 74.5 Å². The van der Waals surface area contributed by atoms with Crippen LogP contribution in [-0.4, -0.2) is 23.2 Å². The van der Waals surface area contributed by atoms with Crippen molar-refractivity contribution >= 4 is 5.97 Å². The van der Waals surface area contributed by atoms with Crippen LogP contribution in [0.1, 0.15) is 27.5 Å². The third kappa shape index (κ3) is 2.90. The quantitative estimate of drug-likeness (QED) is 0.785. The van der Waals surface area contributed by atoms with Crippen molar-refractivity contribution in [3.05, 3.63) is 41.0 Å². The second kappa shape index (κ2) is 5.51. The van der Waals surface area contributed by atoms with Crippen LogP contribution in [0.5, 0.6) is 5.75 Å². The maximum atomic E-state index is 11.2. The summed E-state index contributed by atoms with van der Waals surface area (Å²) in [7, 11) is 1.31. The Balaban J connectivity index is 2.03. The van der Waals surface area contributed by atoms with Crippen molar-refractivity contribution < 1.29 is 18.8 Å².